The zero-order valence-electron chi connectivity index (χ0n) is 11.1. The van der Waals surface area contributed by atoms with Crippen molar-refractivity contribution in [1.29, 1.82) is 0 Å². The molecule has 2 aromatic rings. The molecule has 0 amide bonds. The molecule has 0 saturated heterocycles. The highest BCUT2D eigenvalue weighted by Crippen LogP contribution is 2.29. The Morgan fingerprint density at radius 2 is 1.95 bits per heavy atom. The zero-order valence-corrected chi connectivity index (χ0v) is 11.1. The Hall–Kier alpha value is -1.80. The predicted molar refractivity (Wildman–Crippen MR) is 75.5 cm³/mol. The smallest absolute Gasteiger partial charge is 0.122 e. The number of fused-ring (bicyclic) bond motifs is 1. The van der Waals surface area contributed by atoms with Crippen molar-refractivity contribution in [2.45, 2.75) is 25.9 Å². The summed E-state index contributed by atoms with van der Waals surface area (Å²) in [6.07, 6.45) is 1.15. The summed E-state index contributed by atoms with van der Waals surface area (Å²) in [7, 11) is 0. The van der Waals surface area contributed by atoms with E-state index < -0.39 is 6.10 Å². The van der Waals surface area contributed by atoms with Crippen molar-refractivity contribution in [3.63, 3.8) is 0 Å². The number of aliphatic hydroxyl groups is 1. The van der Waals surface area contributed by atoms with Gasteiger partial charge in [-0.2, -0.15) is 0 Å². The van der Waals surface area contributed by atoms with Crippen molar-refractivity contribution in [1.82, 2.24) is 0 Å². The molecule has 0 bridgehead atoms. The van der Waals surface area contributed by atoms with Gasteiger partial charge >= 0.3 is 0 Å². The van der Waals surface area contributed by atoms with Crippen LogP contribution in [0.25, 0.3) is 0 Å². The van der Waals surface area contributed by atoms with Gasteiger partial charge in [0.25, 0.3) is 0 Å². The summed E-state index contributed by atoms with van der Waals surface area (Å²) in [4.78, 5) is 0. The van der Waals surface area contributed by atoms with E-state index >= 15 is 0 Å². The van der Waals surface area contributed by atoms with Crippen molar-refractivity contribution >= 4 is 0 Å². The normalized spacial score (nSPS) is 14.8. The maximum absolute atomic E-state index is 10.3. The molecule has 0 aromatic heterocycles. The van der Waals surface area contributed by atoms with E-state index in [0.717, 1.165) is 29.9 Å². The number of hydrogen-bond donors (Lipinski definition) is 1. The number of rotatable bonds is 3. The van der Waals surface area contributed by atoms with Crippen molar-refractivity contribution in [2.75, 3.05) is 6.61 Å². The third-order valence-corrected chi connectivity index (χ3v) is 3.65. The Bertz CT molecular complexity index is 572. The molecule has 98 valence electrons. The van der Waals surface area contributed by atoms with Crippen molar-refractivity contribution < 1.29 is 9.84 Å². The molecule has 2 nitrogen and oxygen atoms in total. The Balaban J connectivity index is 1.76. The summed E-state index contributed by atoms with van der Waals surface area (Å²) < 4.78 is 5.48. The fraction of sp³-hybridized carbons (Fsp3) is 0.294. The second-order valence-corrected chi connectivity index (χ2v) is 5.17. The van der Waals surface area contributed by atoms with Gasteiger partial charge in [-0.05, 0) is 35.7 Å². The van der Waals surface area contributed by atoms with E-state index in [-0.39, 0.29) is 0 Å². The molecular weight excluding hydrogens is 236 g/mol. The fourth-order valence-corrected chi connectivity index (χ4v) is 2.48. The van der Waals surface area contributed by atoms with Crippen molar-refractivity contribution in [3.8, 4) is 5.75 Å². The molecule has 0 spiro atoms. The Morgan fingerprint density at radius 3 is 2.74 bits per heavy atom. The molecule has 19 heavy (non-hydrogen) atoms. The molecule has 2 heteroatoms. The maximum atomic E-state index is 10.3. The van der Waals surface area contributed by atoms with Gasteiger partial charge in [0.05, 0.1) is 12.7 Å². The summed E-state index contributed by atoms with van der Waals surface area (Å²) >= 11 is 0. The quantitative estimate of drug-likeness (QED) is 0.911. The topological polar surface area (TPSA) is 29.5 Å². The Labute approximate surface area is 113 Å². The average molecular weight is 254 g/mol. The second-order valence-electron chi connectivity index (χ2n) is 5.17. The van der Waals surface area contributed by atoms with E-state index in [9.17, 15) is 5.11 Å². The summed E-state index contributed by atoms with van der Waals surface area (Å²) in [5.41, 5.74) is 4.59. The van der Waals surface area contributed by atoms with E-state index in [1.54, 1.807) is 0 Å². The Kier molecular flexibility index (Phi) is 3.26. The number of aliphatic hydroxyl groups excluding tert-OH is 1. The van der Waals surface area contributed by atoms with Crippen LogP contribution in [-0.2, 0) is 12.8 Å². The van der Waals surface area contributed by atoms with Gasteiger partial charge in [-0.3, -0.25) is 0 Å². The lowest BCUT2D eigenvalue weighted by atomic mass is 9.98. The third kappa shape index (κ3) is 2.64. The zero-order chi connectivity index (χ0) is 13.2. The summed E-state index contributed by atoms with van der Waals surface area (Å²) in [6, 6.07) is 14.3. The minimum absolute atomic E-state index is 0.450. The van der Waals surface area contributed by atoms with Crippen LogP contribution in [0.4, 0.5) is 0 Å². The monoisotopic (exact) mass is 254 g/mol. The van der Waals surface area contributed by atoms with Gasteiger partial charge in [0, 0.05) is 12.8 Å². The predicted octanol–water partition coefficient (Wildman–Crippen LogP) is 3.21. The first-order chi connectivity index (χ1) is 9.22. The van der Waals surface area contributed by atoms with E-state index in [1.807, 2.05) is 12.1 Å². The average Bonchev–Trinajstić information content (AvgIpc) is 2.88. The molecule has 1 aliphatic rings. The highest BCUT2D eigenvalue weighted by molar-refractivity contribution is 5.40. The molecule has 0 fully saturated rings. The third-order valence-electron chi connectivity index (χ3n) is 3.65. The SMILES string of the molecule is Cc1ccc(CC(O)c2ccc3c(c2)CCO3)cc1. The summed E-state index contributed by atoms with van der Waals surface area (Å²) in [6.45, 7) is 2.83. The first-order valence-corrected chi connectivity index (χ1v) is 6.71. The molecule has 1 heterocycles. The van der Waals surface area contributed by atoms with E-state index in [4.69, 9.17) is 4.74 Å². The molecule has 1 atom stereocenters. The maximum Gasteiger partial charge on any atom is 0.122 e. The number of hydrogen-bond acceptors (Lipinski definition) is 2. The van der Waals surface area contributed by atoms with Crippen LogP contribution in [0, 0.1) is 6.92 Å². The van der Waals surface area contributed by atoms with Gasteiger partial charge in [0.2, 0.25) is 0 Å². The van der Waals surface area contributed by atoms with Crippen LogP contribution < -0.4 is 4.74 Å². The molecule has 1 N–H and O–H groups in total. The Morgan fingerprint density at radius 1 is 1.16 bits per heavy atom. The van der Waals surface area contributed by atoms with E-state index in [2.05, 4.69) is 37.3 Å². The molecule has 1 aliphatic heterocycles. The van der Waals surface area contributed by atoms with Crippen molar-refractivity contribution in [3.05, 3.63) is 64.7 Å². The number of benzene rings is 2. The van der Waals surface area contributed by atoms with Crippen LogP contribution >= 0.6 is 0 Å². The van der Waals surface area contributed by atoms with Gasteiger partial charge < -0.3 is 9.84 Å². The number of ether oxygens (including phenoxy) is 1. The van der Waals surface area contributed by atoms with Gasteiger partial charge in [-0.15, -0.1) is 0 Å². The molecule has 3 rings (SSSR count). The van der Waals surface area contributed by atoms with Crippen LogP contribution in [0.2, 0.25) is 0 Å². The minimum atomic E-state index is -0.450. The van der Waals surface area contributed by atoms with Gasteiger partial charge in [-0.1, -0.05) is 35.9 Å². The standard InChI is InChI=1S/C17H18O2/c1-12-2-4-13(5-3-12)10-16(18)14-6-7-17-15(11-14)8-9-19-17/h2-7,11,16,18H,8-10H2,1H3. The van der Waals surface area contributed by atoms with Gasteiger partial charge in [0.1, 0.15) is 5.75 Å². The van der Waals surface area contributed by atoms with Crippen molar-refractivity contribution in [2.24, 2.45) is 0 Å². The summed E-state index contributed by atoms with van der Waals surface area (Å²) in [5, 5.41) is 10.3. The van der Waals surface area contributed by atoms with Crippen LogP contribution in [0.1, 0.15) is 28.4 Å². The fourth-order valence-electron chi connectivity index (χ4n) is 2.48. The molecule has 2 aromatic carbocycles. The van der Waals surface area contributed by atoms with Crippen LogP contribution in [0.15, 0.2) is 42.5 Å². The lowest BCUT2D eigenvalue weighted by molar-refractivity contribution is 0.178. The molecule has 0 radical (unpaired) electrons. The van der Waals surface area contributed by atoms with Crippen LogP contribution in [-0.4, -0.2) is 11.7 Å². The molecule has 1 unspecified atom stereocenters. The lowest BCUT2D eigenvalue weighted by Gasteiger charge is -2.12. The summed E-state index contributed by atoms with van der Waals surface area (Å²) in [5.74, 6) is 0.964. The minimum Gasteiger partial charge on any atom is -0.493 e. The molecule has 0 aliphatic carbocycles. The van der Waals surface area contributed by atoms with Gasteiger partial charge in [-0.25, -0.2) is 0 Å². The molecular formula is C17H18O2. The van der Waals surface area contributed by atoms with Crippen LogP contribution in [0.5, 0.6) is 5.75 Å². The first-order valence-electron chi connectivity index (χ1n) is 6.71. The highest BCUT2D eigenvalue weighted by atomic mass is 16.5. The van der Waals surface area contributed by atoms with E-state index in [1.165, 1.54) is 11.1 Å². The first kappa shape index (κ1) is 12.2. The van der Waals surface area contributed by atoms with Crippen LogP contribution in [0.3, 0.4) is 0 Å². The second kappa shape index (κ2) is 5.06. The van der Waals surface area contributed by atoms with E-state index in [0.29, 0.717) is 6.42 Å². The molecule has 0 saturated carbocycles. The largest absolute Gasteiger partial charge is 0.493 e. The number of aryl methyl sites for hydroxylation is 1. The lowest BCUT2D eigenvalue weighted by Crippen LogP contribution is -2.02. The highest BCUT2D eigenvalue weighted by Gasteiger charge is 2.15. The van der Waals surface area contributed by atoms with Gasteiger partial charge in [0.15, 0.2) is 0 Å².